The molecule has 3 heterocycles. The van der Waals surface area contributed by atoms with E-state index in [1.807, 2.05) is 22.7 Å². The molecule has 0 unspecified atom stereocenters. The number of hydrogen-bond donors (Lipinski definition) is 2. The Morgan fingerprint density at radius 3 is 2.87 bits per heavy atom. The number of fused-ring (bicyclic) bond motifs is 2. The first-order valence-corrected chi connectivity index (χ1v) is 6.91. The molecule has 0 radical (unpaired) electrons. The van der Waals surface area contributed by atoms with Gasteiger partial charge in [0.25, 0.3) is 5.91 Å². The maximum atomic E-state index is 11.7. The molecule has 7 nitrogen and oxygen atoms in total. The number of rotatable bonds is 2. The first-order valence-electron chi connectivity index (χ1n) is 6.91. The number of carbonyl (C=O) groups excluding carboxylic acids is 1. The summed E-state index contributed by atoms with van der Waals surface area (Å²) in [4.78, 5) is 24.5. The zero-order valence-corrected chi connectivity index (χ0v) is 12.0. The minimum atomic E-state index is -0.600. The van der Waals surface area contributed by atoms with E-state index in [0.717, 1.165) is 11.1 Å². The lowest BCUT2D eigenvalue weighted by atomic mass is 9.97. The van der Waals surface area contributed by atoms with E-state index in [-0.39, 0.29) is 5.56 Å². The summed E-state index contributed by atoms with van der Waals surface area (Å²) in [6, 6.07) is 5.35. The molecule has 112 valence electrons. The van der Waals surface area contributed by atoms with Gasteiger partial charge >= 0.3 is 0 Å². The Morgan fingerprint density at radius 1 is 1.22 bits per heavy atom. The van der Waals surface area contributed by atoms with E-state index in [9.17, 15) is 4.79 Å². The molecule has 1 amide bonds. The Labute approximate surface area is 130 Å². The molecule has 4 aromatic rings. The second-order valence-electron chi connectivity index (χ2n) is 5.11. The molecule has 4 N–H and O–H groups in total. The maximum Gasteiger partial charge on any atom is 0.250 e. The Kier molecular flexibility index (Phi) is 2.74. The van der Waals surface area contributed by atoms with E-state index >= 15 is 0 Å². The average molecular weight is 304 g/mol. The third-order valence-electron chi connectivity index (χ3n) is 3.79. The second kappa shape index (κ2) is 4.77. The van der Waals surface area contributed by atoms with Gasteiger partial charge in [-0.1, -0.05) is 6.07 Å². The number of carbonyl (C=O) groups is 1. The number of nitrogen functional groups attached to an aromatic ring is 1. The number of nitrogens with zero attached hydrogens (tertiary/aromatic N) is 4. The summed E-state index contributed by atoms with van der Waals surface area (Å²) < 4.78 is 1.87. The van der Waals surface area contributed by atoms with Gasteiger partial charge in [0.15, 0.2) is 0 Å². The van der Waals surface area contributed by atoms with E-state index < -0.39 is 5.91 Å². The fourth-order valence-corrected chi connectivity index (χ4v) is 2.76. The molecule has 23 heavy (non-hydrogen) atoms. The summed E-state index contributed by atoms with van der Waals surface area (Å²) in [5, 5.41) is 0. The highest BCUT2D eigenvalue weighted by molar-refractivity contribution is 6.11. The van der Waals surface area contributed by atoms with Crippen molar-refractivity contribution in [3.63, 3.8) is 0 Å². The molecule has 1 aromatic carbocycles. The van der Waals surface area contributed by atoms with Crippen LogP contribution in [-0.4, -0.2) is 25.3 Å². The Hall–Kier alpha value is -3.48. The van der Waals surface area contributed by atoms with Crippen LogP contribution < -0.4 is 11.5 Å². The number of anilines is 1. The minimum Gasteiger partial charge on any atom is -0.398 e. The van der Waals surface area contributed by atoms with Gasteiger partial charge in [0.1, 0.15) is 0 Å². The molecule has 0 aliphatic rings. The van der Waals surface area contributed by atoms with Crippen LogP contribution in [0.1, 0.15) is 10.4 Å². The number of benzene rings is 1. The summed E-state index contributed by atoms with van der Waals surface area (Å²) in [7, 11) is 0. The van der Waals surface area contributed by atoms with Crippen LogP contribution in [-0.2, 0) is 0 Å². The second-order valence-corrected chi connectivity index (χ2v) is 5.11. The molecule has 4 rings (SSSR count). The lowest BCUT2D eigenvalue weighted by molar-refractivity contribution is 0.100. The predicted molar refractivity (Wildman–Crippen MR) is 86.7 cm³/mol. The van der Waals surface area contributed by atoms with Crippen molar-refractivity contribution in [2.45, 2.75) is 0 Å². The lowest BCUT2D eigenvalue weighted by Gasteiger charge is -2.13. The predicted octanol–water partition coefficient (Wildman–Crippen LogP) is 1.63. The fraction of sp³-hybridized carbons (Fsp3) is 0. The van der Waals surface area contributed by atoms with Gasteiger partial charge in [-0.15, -0.1) is 0 Å². The van der Waals surface area contributed by atoms with Gasteiger partial charge in [0, 0.05) is 29.7 Å². The summed E-state index contributed by atoms with van der Waals surface area (Å²) in [5.41, 5.74) is 15.7. The van der Waals surface area contributed by atoms with E-state index in [0.29, 0.717) is 22.3 Å². The van der Waals surface area contributed by atoms with Crippen LogP contribution >= 0.6 is 0 Å². The highest BCUT2D eigenvalue weighted by atomic mass is 16.1. The average Bonchev–Trinajstić information content (AvgIpc) is 3.03. The van der Waals surface area contributed by atoms with Gasteiger partial charge in [-0.2, -0.15) is 0 Å². The molecule has 0 fully saturated rings. The molecule has 7 heteroatoms. The monoisotopic (exact) mass is 304 g/mol. The first-order chi connectivity index (χ1) is 11.2. The van der Waals surface area contributed by atoms with E-state index in [4.69, 9.17) is 11.5 Å². The van der Waals surface area contributed by atoms with Crippen LogP contribution in [0.5, 0.6) is 0 Å². The van der Waals surface area contributed by atoms with Crippen molar-refractivity contribution in [2.75, 3.05) is 5.73 Å². The molecular formula is C16H12N6O. The topological polar surface area (TPSA) is 112 Å². The Balaban J connectivity index is 2.20. The molecule has 0 atom stereocenters. The quantitative estimate of drug-likeness (QED) is 0.546. The van der Waals surface area contributed by atoms with Crippen LogP contribution in [0.2, 0.25) is 0 Å². The minimum absolute atomic E-state index is 0.231. The number of hydrogen-bond acceptors (Lipinski definition) is 5. The number of aromatic nitrogens is 4. The molecule has 0 saturated carbocycles. The SMILES string of the molecule is NC(=O)c1cc2nccnc2c(-c2cccn3cncc23)c1N. The summed E-state index contributed by atoms with van der Waals surface area (Å²) in [6.07, 6.45) is 8.46. The Morgan fingerprint density at radius 2 is 2.04 bits per heavy atom. The summed E-state index contributed by atoms with van der Waals surface area (Å²) in [5.74, 6) is -0.600. The van der Waals surface area contributed by atoms with Crippen molar-refractivity contribution in [2.24, 2.45) is 5.73 Å². The largest absolute Gasteiger partial charge is 0.398 e. The van der Waals surface area contributed by atoms with Crippen LogP contribution in [0, 0.1) is 0 Å². The van der Waals surface area contributed by atoms with E-state index in [1.54, 1.807) is 31.0 Å². The first kappa shape index (κ1) is 13.2. The van der Waals surface area contributed by atoms with E-state index in [1.165, 1.54) is 0 Å². The maximum absolute atomic E-state index is 11.7. The number of pyridine rings is 1. The number of nitrogens with two attached hydrogens (primary N) is 2. The van der Waals surface area contributed by atoms with Crippen molar-refractivity contribution in [3.05, 3.63) is 54.9 Å². The van der Waals surface area contributed by atoms with Crippen LogP contribution in [0.25, 0.3) is 27.7 Å². The normalized spacial score (nSPS) is 11.1. The van der Waals surface area contributed by atoms with Crippen molar-refractivity contribution in [1.82, 2.24) is 19.4 Å². The van der Waals surface area contributed by atoms with Crippen molar-refractivity contribution >= 4 is 28.1 Å². The Bertz CT molecular complexity index is 1070. The van der Waals surface area contributed by atoms with Gasteiger partial charge < -0.3 is 15.9 Å². The molecule has 0 bridgehead atoms. The lowest BCUT2D eigenvalue weighted by Crippen LogP contribution is -2.14. The third kappa shape index (κ3) is 1.90. The van der Waals surface area contributed by atoms with Gasteiger partial charge in [-0.05, 0) is 12.1 Å². The van der Waals surface area contributed by atoms with Crippen molar-refractivity contribution in [1.29, 1.82) is 0 Å². The molecule has 0 aliphatic carbocycles. The molecule has 0 spiro atoms. The van der Waals surface area contributed by atoms with Crippen LogP contribution in [0.15, 0.2) is 49.3 Å². The fourth-order valence-electron chi connectivity index (χ4n) is 2.76. The number of amides is 1. The standard InChI is InChI=1S/C16H12N6O/c17-14-10(16(18)23)6-11-15(21-4-3-20-11)13(14)9-2-1-5-22-8-19-7-12(9)22/h1-8H,17H2,(H2,18,23). The van der Waals surface area contributed by atoms with Crippen LogP contribution in [0.3, 0.4) is 0 Å². The highest BCUT2D eigenvalue weighted by Gasteiger charge is 2.19. The van der Waals surface area contributed by atoms with Gasteiger partial charge in [0.05, 0.1) is 40.3 Å². The summed E-state index contributed by atoms with van der Waals surface area (Å²) in [6.45, 7) is 0. The molecule has 0 aliphatic heterocycles. The highest BCUT2D eigenvalue weighted by Crippen LogP contribution is 2.36. The number of imidazole rings is 1. The summed E-state index contributed by atoms with van der Waals surface area (Å²) >= 11 is 0. The van der Waals surface area contributed by atoms with Gasteiger partial charge in [-0.3, -0.25) is 14.8 Å². The third-order valence-corrected chi connectivity index (χ3v) is 3.79. The van der Waals surface area contributed by atoms with Crippen LogP contribution in [0.4, 0.5) is 5.69 Å². The van der Waals surface area contributed by atoms with Gasteiger partial charge in [0.2, 0.25) is 0 Å². The molecule has 3 aromatic heterocycles. The number of primary amides is 1. The zero-order valence-electron chi connectivity index (χ0n) is 12.0. The van der Waals surface area contributed by atoms with Gasteiger partial charge in [-0.25, -0.2) is 4.98 Å². The van der Waals surface area contributed by atoms with Crippen molar-refractivity contribution < 1.29 is 4.79 Å². The zero-order chi connectivity index (χ0) is 16.0. The van der Waals surface area contributed by atoms with E-state index in [2.05, 4.69) is 15.0 Å². The smallest absolute Gasteiger partial charge is 0.250 e. The van der Waals surface area contributed by atoms with Crippen molar-refractivity contribution in [3.8, 4) is 11.1 Å². The molecule has 0 saturated heterocycles. The molecular weight excluding hydrogens is 292 g/mol.